The van der Waals surface area contributed by atoms with Gasteiger partial charge < -0.3 is 19.1 Å². The van der Waals surface area contributed by atoms with Gasteiger partial charge >= 0.3 is 12.1 Å². The maximum Gasteiger partial charge on any atom is 0.410 e. The molecule has 0 spiro atoms. The van der Waals surface area contributed by atoms with Gasteiger partial charge in [-0.3, -0.25) is 9.80 Å². The minimum absolute atomic E-state index is 0.000514. The van der Waals surface area contributed by atoms with Crippen LogP contribution in [0.15, 0.2) is 4.47 Å². The Kier molecular flexibility index (Phi) is 6.33. The molecule has 40 heavy (non-hydrogen) atoms. The van der Waals surface area contributed by atoms with Gasteiger partial charge in [-0.2, -0.15) is 9.97 Å². The molecule has 5 aliphatic heterocycles. The number of ether oxygens (including phenoxy) is 3. The number of aromatic nitrogens is 2. The van der Waals surface area contributed by atoms with Gasteiger partial charge in [-0.15, -0.1) is 0 Å². The van der Waals surface area contributed by atoms with Crippen molar-refractivity contribution in [2.45, 2.75) is 88.6 Å². The molecule has 0 aliphatic carbocycles. The number of anilines is 1. The van der Waals surface area contributed by atoms with Gasteiger partial charge in [0, 0.05) is 6.54 Å². The van der Waals surface area contributed by atoms with Crippen molar-refractivity contribution in [2.24, 2.45) is 0 Å². The van der Waals surface area contributed by atoms with E-state index in [4.69, 9.17) is 30.8 Å². The van der Waals surface area contributed by atoms with E-state index in [9.17, 15) is 4.79 Å². The highest BCUT2D eigenvalue weighted by molar-refractivity contribution is 9.10. The molecule has 2 bridgehead atoms. The fourth-order valence-electron chi connectivity index (χ4n) is 7.53. The number of hydrogen-bond donors (Lipinski definition) is 0. The second-order valence-corrected chi connectivity index (χ2v) is 13.9. The van der Waals surface area contributed by atoms with Crippen LogP contribution in [-0.2, 0) is 4.74 Å². The zero-order valence-corrected chi connectivity index (χ0v) is 25.4. The van der Waals surface area contributed by atoms with Crippen molar-refractivity contribution in [3.8, 4) is 11.8 Å². The maximum atomic E-state index is 15.7. The van der Waals surface area contributed by atoms with Crippen molar-refractivity contribution >= 4 is 50.3 Å². The van der Waals surface area contributed by atoms with Crippen LogP contribution in [0.2, 0.25) is 5.02 Å². The molecule has 1 aromatic heterocycles. The molecule has 0 saturated carbocycles. The van der Waals surface area contributed by atoms with Crippen LogP contribution in [0.3, 0.4) is 0 Å². The first-order valence-corrected chi connectivity index (χ1v) is 15.4. The van der Waals surface area contributed by atoms with Gasteiger partial charge in [-0.05, 0) is 88.3 Å². The second kappa shape index (κ2) is 9.46. The second-order valence-electron chi connectivity index (χ2n) is 12.7. The highest BCUT2D eigenvalue weighted by Gasteiger charge is 2.52. The van der Waals surface area contributed by atoms with Gasteiger partial charge in [0.25, 0.3) is 0 Å². The molecule has 1 amide bonds. The molecule has 0 unspecified atom stereocenters. The predicted molar refractivity (Wildman–Crippen MR) is 152 cm³/mol. The highest BCUT2D eigenvalue weighted by Crippen LogP contribution is 2.49. The van der Waals surface area contributed by atoms with E-state index >= 15 is 4.39 Å². The number of rotatable bonds is 3. The van der Waals surface area contributed by atoms with Gasteiger partial charge in [-0.1, -0.05) is 11.6 Å². The summed E-state index contributed by atoms with van der Waals surface area (Å²) in [5.74, 6) is 0.312. The summed E-state index contributed by atoms with van der Waals surface area (Å²) in [6, 6.07) is -0.278. The summed E-state index contributed by atoms with van der Waals surface area (Å²) in [7, 11) is 0. The Balaban J connectivity index is 1.29. The monoisotopic (exact) mass is 637 g/mol. The lowest BCUT2D eigenvalue weighted by Gasteiger charge is -2.46. The number of piperazine rings is 1. The van der Waals surface area contributed by atoms with Crippen molar-refractivity contribution in [2.75, 3.05) is 37.7 Å². The van der Waals surface area contributed by atoms with Crippen LogP contribution in [0, 0.1) is 5.82 Å². The van der Waals surface area contributed by atoms with E-state index in [1.165, 1.54) is 0 Å². The van der Waals surface area contributed by atoms with Crippen LogP contribution in [-0.4, -0.2) is 88.0 Å². The van der Waals surface area contributed by atoms with E-state index in [0.29, 0.717) is 30.1 Å². The van der Waals surface area contributed by atoms with E-state index < -0.39 is 11.4 Å². The number of hydrogen-bond acceptors (Lipinski definition) is 8. The predicted octanol–water partition coefficient (Wildman–Crippen LogP) is 5.54. The Morgan fingerprint density at radius 1 is 1.20 bits per heavy atom. The van der Waals surface area contributed by atoms with Crippen LogP contribution in [0.4, 0.5) is 15.0 Å². The molecule has 0 radical (unpaired) electrons. The smallest absolute Gasteiger partial charge is 0.410 e. The SMILES string of the molecule is CC(C)(C)OC(=O)N1[C@@H]2CC[C@H]1[C@H]1COc3c(Cl)c(Br)c(F)c4nc(OCC56CCCN5CCC6)nc(c34)N1C2. The van der Waals surface area contributed by atoms with Crippen molar-refractivity contribution in [3.05, 3.63) is 15.3 Å². The van der Waals surface area contributed by atoms with E-state index in [1.807, 2.05) is 25.7 Å². The maximum absolute atomic E-state index is 15.7. The third-order valence-corrected chi connectivity index (χ3v) is 10.6. The molecule has 12 heteroatoms. The normalized spacial score (nSPS) is 26.9. The first-order chi connectivity index (χ1) is 19.1. The fourth-order valence-corrected chi connectivity index (χ4v) is 8.13. The summed E-state index contributed by atoms with van der Waals surface area (Å²) < 4.78 is 34.2. The van der Waals surface area contributed by atoms with Gasteiger partial charge in [0.05, 0.1) is 33.5 Å². The summed E-state index contributed by atoms with van der Waals surface area (Å²) in [4.78, 5) is 29.3. The standard InChI is InChI=1S/C28H34BrClFN5O4/c1-27(2,3)40-26(37)36-15-6-7-16(36)17-13-38-23-18-22(21(31)19(29)20(23)30)32-25(33-24(18)35(17)12-15)39-14-28-8-4-10-34(28)11-5-9-28/h15-17H,4-14H2,1-3H3/t15-,16+,17-/m1/s1. The molecule has 6 heterocycles. The molecule has 3 atom stereocenters. The van der Waals surface area contributed by atoms with E-state index in [-0.39, 0.29) is 57.4 Å². The Morgan fingerprint density at radius 2 is 1.95 bits per heavy atom. The minimum Gasteiger partial charge on any atom is -0.489 e. The molecule has 2 aromatic rings. The van der Waals surface area contributed by atoms with E-state index in [0.717, 1.165) is 51.6 Å². The molecule has 9 nitrogen and oxygen atoms in total. The number of benzene rings is 1. The molecule has 216 valence electrons. The number of carbonyl (C=O) groups excluding carboxylic acids is 1. The molecular weight excluding hydrogens is 605 g/mol. The van der Waals surface area contributed by atoms with Crippen molar-refractivity contribution in [1.29, 1.82) is 0 Å². The average molecular weight is 639 g/mol. The number of carbonyl (C=O) groups is 1. The molecule has 0 N–H and O–H groups in total. The largest absolute Gasteiger partial charge is 0.489 e. The van der Waals surface area contributed by atoms with Crippen LogP contribution < -0.4 is 14.4 Å². The van der Waals surface area contributed by atoms with Gasteiger partial charge in [0.15, 0.2) is 11.6 Å². The van der Waals surface area contributed by atoms with E-state index in [2.05, 4.69) is 30.7 Å². The lowest BCUT2D eigenvalue weighted by Crippen LogP contribution is -2.63. The van der Waals surface area contributed by atoms with Gasteiger partial charge in [0.2, 0.25) is 0 Å². The molecule has 1 aromatic carbocycles. The minimum atomic E-state index is -0.597. The summed E-state index contributed by atoms with van der Waals surface area (Å²) in [5, 5.41) is 0.580. The molecule has 5 aliphatic rings. The quantitative estimate of drug-likeness (QED) is 0.406. The first kappa shape index (κ1) is 26.8. The third kappa shape index (κ3) is 4.13. The lowest BCUT2D eigenvalue weighted by molar-refractivity contribution is 0.00545. The summed E-state index contributed by atoms with van der Waals surface area (Å²) >= 11 is 9.93. The van der Waals surface area contributed by atoms with Crippen molar-refractivity contribution < 1.29 is 23.4 Å². The fraction of sp³-hybridized carbons (Fsp3) is 0.679. The van der Waals surface area contributed by atoms with E-state index in [1.54, 1.807) is 0 Å². The molecule has 4 saturated heterocycles. The van der Waals surface area contributed by atoms with Crippen molar-refractivity contribution in [1.82, 2.24) is 19.8 Å². The first-order valence-electron chi connectivity index (χ1n) is 14.2. The average Bonchev–Trinajstić information content (AvgIpc) is 3.54. The summed E-state index contributed by atoms with van der Waals surface area (Å²) in [6.07, 6.45) is 5.81. The van der Waals surface area contributed by atoms with Crippen LogP contribution in [0.25, 0.3) is 10.9 Å². The van der Waals surface area contributed by atoms with Crippen LogP contribution in [0.5, 0.6) is 11.8 Å². The van der Waals surface area contributed by atoms with Crippen LogP contribution in [0.1, 0.15) is 59.3 Å². The summed E-state index contributed by atoms with van der Waals surface area (Å²) in [6.45, 7) is 9.03. The Morgan fingerprint density at radius 3 is 2.67 bits per heavy atom. The molecule has 7 rings (SSSR count). The lowest BCUT2D eigenvalue weighted by atomic mass is 9.95. The molecular formula is C28H34BrClFN5O4. The zero-order chi connectivity index (χ0) is 28.0. The van der Waals surface area contributed by atoms with Crippen LogP contribution >= 0.6 is 27.5 Å². The number of fused-ring (bicyclic) bond motifs is 6. The van der Waals surface area contributed by atoms with Crippen molar-refractivity contribution in [3.63, 3.8) is 0 Å². The van der Waals surface area contributed by atoms with Gasteiger partial charge in [-0.25, -0.2) is 9.18 Å². The highest BCUT2D eigenvalue weighted by atomic mass is 79.9. The Labute approximate surface area is 246 Å². The number of nitrogens with zero attached hydrogens (tertiary/aromatic N) is 5. The third-order valence-electron chi connectivity index (χ3n) is 9.24. The zero-order valence-electron chi connectivity index (χ0n) is 23.0. The van der Waals surface area contributed by atoms with Gasteiger partial charge in [0.1, 0.15) is 35.2 Å². The Bertz CT molecular complexity index is 1380. The number of amides is 1. The topological polar surface area (TPSA) is 80.3 Å². The molecule has 4 fully saturated rings. The Hall–Kier alpha value is -2.11. The number of halogens is 3. The summed E-state index contributed by atoms with van der Waals surface area (Å²) in [5.41, 5.74) is -0.485.